The van der Waals surface area contributed by atoms with Crippen LogP contribution < -0.4 is 0 Å². The van der Waals surface area contributed by atoms with E-state index in [-0.39, 0.29) is 6.10 Å². The monoisotopic (exact) mass is 209 g/mol. The summed E-state index contributed by atoms with van der Waals surface area (Å²) >= 11 is 0. The van der Waals surface area contributed by atoms with Crippen molar-refractivity contribution in [3.63, 3.8) is 0 Å². The quantitative estimate of drug-likeness (QED) is 0.783. The van der Waals surface area contributed by atoms with Crippen LogP contribution in [0.2, 0.25) is 0 Å². The number of hydrogen-bond donors (Lipinski definition) is 1. The molecule has 2 heterocycles. The Hall–Kier alpha value is -0.870. The van der Waals surface area contributed by atoms with Gasteiger partial charge in [-0.1, -0.05) is 0 Å². The number of rotatable bonds is 2. The molecule has 4 nitrogen and oxygen atoms in total. The van der Waals surface area contributed by atoms with Crippen LogP contribution in [0.5, 0.6) is 0 Å². The van der Waals surface area contributed by atoms with Gasteiger partial charge in [-0.15, -0.1) is 0 Å². The molecule has 2 rings (SSSR count). The van der Waals surface area contributed by atoms with Crippen molar-refractivity contribution >= 4 is 0 Å². The van der Waals surface area contributed by atoms with Gasteiger partial charge < -0.3 is 10.0 Å². The van der Waals surface area contributed by atoms with Crippen LogP contribution in [0.15, 0.2) is 12.3 Å². The van der Waals surface area contributed by atoms with E-state index in [0.717, 1.165) is 31.6 Å². The van der Waals surface area contributed by atoms with Crippen molar-refractivity contribution in [3.8, 4) is 0 Å². The Morgan fingerprint density at radius 2 is 2.07 bits per heavy atom. The summed E-state index contributed by atoms with van der Waals surface area (Å²) in [5, 5.41) is 14.3. The average Bonchev–Trinajstić information content (AvgIpc) is 2.65. The van der Waals surface area contributed by atoms with E-state index in [2.05, 4.69) is 17.0 Å². The van der Waals surface area contributed by atoms with Crippen molar-refractivity contribution in [1.29, 1.82) is 0 Å². The fourth-order valence-corrected chi connectivity index (χ4v) is 2.26. The predicted molar refractivity (Wildman–Crippen MR) is 58.4 cm³/mol. The van der Waals surface area contributed by atoms with E-state index in [0.29, 0.717) is 5.92 Å². The zero-order valence-corrected chi connectivity index (χ0v) is 9.43. The largest absolute Gasteiger partial charge is 0.387 e. The zero-order valence-electron chi connectivity index (χ0n) is 9.43. The van der Waals surface area contributed by atoms with Crippen LogP contribution in [0.1, 0.15) is 24.6 Å². The first kappa shape index (κ1) is 10.6. The smallest absolute Gasteiger partial charge is 0.0985 e. The molecule has 0 radical (unpaired) electrons. The minimum atomic E-state index is -0.355. The SMILES string of the molecule is CN1CCC(C(O)c2ccnn2C)CC1. The second-order valence-electron chi connectivity index (χ2n) is 4.47. The summed E-state index contributed by atoms with van der Waals surface area (Å²) < 4.78 is 1.77. The predicted octanol–water partition coefficient (Wildman–Crippen LogP) is 0.795. The summed E-state index contributed by atoms with van der Waals surface area (Å²) in [4.78, 5) is 2.31. The third-order valence-electron chi connectivity index (χ3n) is 3.37. The maximum Gasteiger partial charge on any atom is 0.0985 e. The molecule has 84 valence electrons. The first-order chi connectivity index (χ1) is 7.18. The molecule has 1 N–H and O–H groups in total. The van der Waals surface area contributed by atoms with Crippen LogP contribution >= 0.6 is 0 Å². The Bertz CT molecular complexity index is 315. The van der Waals surface area contributed by atoms with E-state index in [9.17, 15) is 5.11 Å². The van der Waals surface area contributed by atoms with E-state index in [1.807, 2.05) is 13.1 Å². The molecule has 4 heteroatoms. The summed E-state index contributed by atoms with van der Waals surface area (Å²) in [5.74, 6) is 0.386. The van der Waals surface area contributed by atoms with Crippen molar-refractivity contribution in [1.82, 2.24) is 14.7 Å². The van der Waals surface area contributed by atoms with Crippen LogP contribution in [0.4, 0.5) is 0 Å². The molecule has 0 aliphatic carbocycles. The first-order valence-electron chi connectivity index (χ1n) is 5.53. The molecule has 15 heavy (non-hydrogen) atoms. The van der Waals surface area contributed by atoms with Gasteiger partial charge in [0, 0.05) is 13.2 Å². The second kappa shape index (κ2) is 4.33. The highest BCUT2D eigenvalue weighted by Crippen LogP contribution is 2.29. The molecule has 1 atom stereocenters. The fraction of sp³-hybridized carbons (Fsp3) is 0.727. The van der Waals surface area contributed by atoms with E-state index >= 15 is 0 Å². The molecule has 0 bridgehead atoms. The van der Waals surface area contributed by atoms with E-state index in [1.165, 1.54) is 0 Å². The number of aromatic nitrogens is 2. The van der Waals surface area contributed by atoms with Crippen molar-refractivity contribution in [2.75, 3.05) is 20.1 Å². The van der Waals surface area contributed by atoms with Gasteiger partial charge in [-0.3, -0.25) is 4.68 Å². The van der Waals surface area contributed by atoms with E-state index in [1.54, 1.807) is 10.9 Å². The fourth-order valence-electron chi connectivity index (χ4n) is 2.26. The molecule has 1 aromatic heterocycles. The van der Waals surface area contributed by atoms with Crippen LogP contribution in [0, 0.1) is 5.92 Å². The third-order valence-corrected chi connectivity index (χ3v) is 3.37. The average molecular weight is 209 g/mol. The van der Waals surface area contributed by atoms with E-state index in [4.69, 9.17) is 0 Å². The Kier molecular flexibility index (Phi) is 3.07. The highest BCUT2D eigenvalue weighted by Gasteiger charge is 2.26. The van der Waals surface area contributed by atoms with Crippen molar-refractivity contribution in [2.24, 2.45) is 13.0 Å². The van der Waals surface area contributed by atoms with Crippen molar-refractivity contribution < 1.29 is 5.11 Å². The minimum absolute atomic E-state index is 0.355. The number of aliphatic hydroxyl groups is 1. The Labute approximate surface area is 90.5 Å². The van der Waals surface area contributed by atoms with Crippen molar-refractivity contribution in [2.45, 2.75) is 18.9 Å². The van der Waals surface area contributed by atoms with Crippen LogP contribution in [-0.2, 0) is 7.05 Å². The molecule has 1 unspecified atom stereocenters. The normalized spacial score (nSPS) is 21.8. The molecule has 1 aromatic rings. The summed E-state index contributed by atoms with van der Waals surface area (Å²) in [6.07, 6.45) is 3.53. The van der Waals surface area contributed by atoms with Crippen LogP contribution in [0.25, 0.3) is 0 Å². The number of likely N-dealkylation sites (tertiary alicyclic amines) is 1. The van der Waals surface area contributed by atoms with Gasteiger partial charge >= 0.3 is 0 Å². The minimum Gasteiger partial charge on any atom is -0.387 e. The molecule has 1 saturated heterocycles. The summed E-state index contributed by atoms with van der Waals surface area (Å²) in [6, 6.07) is 1.91. The van der Waals surface area contributed by atoms with Gasteiger partial charge in [0.2, 0.25) is 0 Å². The van der Waals surface area contributed by atoms with Gasteiger partial charge in [-0.05, 0) is 45.0 Å². The lowest BCUT2D eigenvalue weighted by atomic mass is 9.90. The first-order valence-corrected chi connectivity index (χ1v) is 5.53. The number of aliphatic hydroxyl groups excluding tert-OH is 1. The van der Waals surface area contributed by atoms with Crippen LogP contribution in [0.3, 0.4) is 0 Å². The molecular formula is C11H19N3O. The molecule has 1 fully saturated rings. The van der Waals surface area contributed by atoms with Gasteiger partial charge in [-0.25, -0.2) is 0 Å². The third kappa shape index (κ3) is 2.21. The zero-order chi connectivity index (χ0) is 10.8. The lowest BCUT2D eigenvalue weighted by Crippen LogP contribution is -2.33. The summed E-state index contributed by atoms with van der Waals surface area (Å²) in [7, 11) is 4.01. The maximum atomic E-state index is 10.2. The lowest BCUT2D eigenvalue weighted by Gasteiger charge is -2.31. The Morgan fingerprint density at radius 3 is 2.60 bits per heavy atom. The molecule has 0 spiro atoms. The van der Waals surface area contributed by atoms with E-state index < -0.39 is 0 Å². The molecule has 0 amide bonds. The number of piperidine rings is 1. The molecular weight excluding hydrogens is 190 g/mol. The second-order valence-corrected chi connectivity index (χ2v) is 4.47. The molecule has 1 aliphatic heterocycles. The van der Waals surface area contributed by atoms with Crippen molar-refractivity contribution in [3.05, 3.63) is 18.0 Å². The Morgan fingerprint density at radius 1 is 1.40 bits per heavy atom. The molecule has 0 aromatic carbocycles. The standard InChI is InChI=1S/C11H19N3O/c1-13-7-4-9(5-8-13)11(15)10-3-6-12-14(10)2/h3,6,9,11,15H,4-5,7-8H2,1-2H3. The van der Waals surface area contributed by atoms with Gasteiger partial charge in [0.05, 0.1) is 11.8 Å². The number of hydrogen-bond acceptors (Lipinski definition) is 3. The summed E-state index contributed by atoms with van der Waals surface area (Å²) in [5.41, 5.74) is 0.935. The number of nitrogens with zero attached hydrogens (tertiary/aromatic N) is 3. The van der Waals surface area contributed by atoms with Gasteiger partial charge in [0.1, 0.15) is 0 Å². The highest BCUT2D eigenvalue weighted by molar-refractivity contribution is 5.05. The molecule has 0 saturated carbocycles. The molecule has 1 aliphatic rings. The van der Waals surface area contributed by atoms with Crippen LogP contribution in [-0.4, -0.2) is 39.9 Å². The van der Waals surface area contributed by atoms with Gasteiger partial charge in [0.25, 0.3) is 0 Å². The topological polar surface area (TPSA) is 41.3 Å². The number of aryl methyl sites for hydroxylation is 1. The highest BCUT2D eigenvalue weighted by atomic mass is 16.3. The Balaban J connectivity index is 2.02. The van der Waals surface area contributed by atoms with Gasteiger partial charge in [0.15, 0.2) is 0 Å². The summed E-state index contributed by atoms with van der Waals surface area (Å²) in [6.45, 7) is 2.17. The lowest BCUT2D eigenvalue weighted by molar-refractivity contribution is 0.0598. The van der Waals surface area contributed by atoms with Gasteiger partial charge in [-0.2, -0.15) is 5.10 Å². The maximum absolute atomic E-state index is 10.2.